The number of rotatable bonds is 24. The van der Waals surface area contributed by atoms with Gasteiger partial charge in [-0.05, 0) is 59.5 Å². The van der Waals surface area contributed by atoms with Crippen LogP contribution in [0.3, 0.4) is 0 Å². The van der Waals surface area contributed by atoms with Gasteiger partial charge in [-0.25, -0.2) is 4.57 Å². The van der Waals surface area contributed by atoms with Gasteiger partial charge < -0.3 is 9.38 Å². The van der Waals surface area contributed by atoms with Crippen LogP contribution >= 0.6 is 30.4 Å². The van der Waals surface area contributed by atoms with Crippen molar-refractivity contribution in [2.45, 2.75) is 109 Å². The molecule has 1 N–H and O–H groups in total. The molecule has 0 aromatic heterocycles. The normalized spacial score (nSPS) is 18.4. The van der Waals surface area contributed by atoms with E-state index in [1.807, 2.05) is 0 Å². The molecule has 0 amide bonds. The van der Waals surface area contributed by atoms with Gasteiger partial charge in [-0.1, -0.05) is 102 Å². The number of unbranched alkanes of at least 4 members (excludes halogenated alkanes) is 15. The molecule has 0 heterocycles. The molecule has 5 nitrogen and oxygen atoms in total. The lowest BCUT2D eigenvalue weighted by atomic mass is 10.0. The van der Waals surface area contributed by atoms with Gasteiger partial charge in [0.25, 0.3) is 0 Å². The van der Waals surface area contributed by atoms with E-state index in [2.05, 4.69) is 46.9 Å². The molecule has 0 aliphatic rings. The Kier molecular flexibility index (Phi) is 12.7. The van der Waals surface area contributed by atoms with Gasteiger partial charge in [0.15, 0.2) is 0 Å². The molecule has 7 heteroatoms. The molecule has 1 atom stereocenters. The average molecular weight is 652 g/mol. The number of benzene rings is 1. The van der Waals surface area contributed by atoms with Crippen LogP contribution in [0.5, 0.6) is 0 Å². The number of phosphoric ester groups is 1. The number of hydrogen-bond donors (Lipinski definition) is 1. The highest BCUT2D eigenvalue weighted by molar-refractivity contribution is 14.1. The van der Waals surface area contributed by atoms with Crippen LogP contribution in [0.2, 0.25) is 0 Å². The highest BCUT2D eigenvalue weighted by Crippen LogP contribution is 2.43. The lowest BCUT2D eigenvalue weighted by molar-refractivity contribution is -0.870. The van der Waals surface area contributed by atoms with Crippen molar-refractivity contribution in [1.29, 1.82) is 0 Å². The predicted molar refractivity (Wildman–Crippen MR) is 161 cm³/mol. The zero-order chi connectivity index (χ0) is 34.0. The van der Waals surface area contributed by atoms with Crippen LogP contribution in [0.4, 0.5) is 0 Å². The van der Waals surface area contributed by atoms with E-state index in [0.717, 1.165) is 25.7 Å². The summed E-state index contributed by atoms with van der Waals surface area (Å²) >= 11 is 2.34. The third kappa shape index (κ3) is 22.0. The smallest absolute Gasteiger partial charge is 0.329 e. The van der Waals surface area contributed by atoms with Gasteiger partial charge >= 0.3 is 7.82 Å². The van der Waals surface area contributed by atoms with Gasteiger partial charge in [-0.15, -0.1) is 0 Å². The first-order valence-electron chi connectivity index (χ1n) is 18.2. The molecular weight excluding hydrogens is 588 g/mol. The van der Waals surface area contributed by atoms with Gasteiger partial charge in [-0.2, -0.15) is 0 Å². The van der Waals surface area contributed by atoms with E-state index in [-0.39, 0.29) is 6.61 Å². The Balaban J connectivity index is 2.01. The molecule has 0 spiro atoms. The first-order chi connectivity index (χ1) is 20.9. The number of aryl methyl sites for hydroxylation is 1. The number of phosphoric acid groups is 1. The van der Waals surface area contributed by atoms with Crippen LogP contribution in [0, 0.1) is 3.57 Å². The maximum Gasteiger partial charge on any atom is 0.472 e. The zero-order valence-corrected chi connectivity index (χ0v) is 24.9. The summed E-state index contributed by atoms with van der Waals surface area (Å²) in [5, 5.41) is 0. The van der Waals surface area contributed by atoms with E-state index in [4.69, 9.17) is 21.4 Å². The van der Waals surface area contributed by atoms with Crippen LogP contribution in [0.25, 0.3) is 0 Å². The second-order valence-corrected chi connectivity index (χ2v) is 12.4. The summed E-state index contributed by atoms with van der Waals surface area (Å²) in [5.41, 5.74) is 1.44. The maximum absolute atomic E-state index is 12.2. The van der Waals surface area contributed by atoms with Crippen LogP contribution < -0.4 is 0 Å². The van der Waals surface area contributed by atoms with Crippen molar-refractivity contribution in [3.8, 4) is 0 Å². The van der Waals surface area contributed by atoms with Crippen molar-refractivity contribution in [2.24, 2.45) is 0 Å². The minimum Gasteiger partial charge on any atom is -0.329 e. The van der Waals surface area contributed by atoms with Crippen molar-refractivity contribution in [2.75, 3.05) is 40.7 Å². The van der Waals surface area contributed by atoms with Gasteiger partial charge in [0.2, 0.25) is 0 Å². The number of likely N-dealkylation sites (N-methyl/N-ethyl adjacent to an activating group) is 1. The highest BCUT2D eigenvalue weighted by Gasteiger charge is 2.21. The molecule has 36 heavy (non-hydrogen) atoms. The Hall–Kier alpha value is 0.0200. The largest absolute Gasteiger partial charge is 0.472 e. The van der Waals surface area contributed by atoms with Crippen molar-refractivity contribution in [3.63, 3.8) is 0 Å². The fourth-order valence-corrected chi connectivity index (χ4v) is 5.17. The van der Waals surface area contributed by atoms with E-state index < -0.39 is 46.4 Å². The fourth-order valence-electron chi connectivity index (χ4n) is 4.07. The molecule has 0 saturated heterocycles. The first-order valence-corrected chi connectivity index (χ1v) is 16.3. The van der Waals surface area contributed by atoms with Gasteiger partial charge in [0.05, 0.1) is 39.9 Å². The molecule has 210 valence electrons. The minimum atomic E-state index is -4.60. The number of hydrogen-bond acceptors (Lipinski definition) is 3. The molecule has 0 aliphatic carbocycles. The quantitative estimate of drug-likeness (QED) is 0.0525. The van der Waals surface area contributed by atoms with Gasteiger partial charge in [-0.3, -0.25) is 9.05 Å². The summed E-state index contributed by atoms with van der Waals surface area (Å²) in [6, 6.07) is 8.83. The lowest BCUT2D eigenvalue weighted by Gasteiger charge is -2.24. The Bertz CT molecular complexity index is 940. The molecule has 0 fully saturated rings. The molecule has 0 radical (unpaired) electrons. The molecule has 1 rings (SSSR count). The van der Waals surface area contributed by atoms with E-state index in [1.54, 1.807) is 0 Å². The standard InChI is InChI=1S/C29H53INO4P/c1-31(2,3)25-27-35-36(32,33)34-26-19-17-15-13-11-9-7-5-4-6-8-10-12-14-16-18-20-28-21-23-29(30)24-22-28/h21-24H,4-20,25-27H2,1-3H3/p+1/i1D3,2D3,3D3,30+4. The van der Waals surface area contributed by atoms with Crippen LogP contribution in [-0.2, 0) is 20.0 Å². The SMILES string of the molecule is [2H]C([2H])([2H])[N+](CCOP(=O)(O)OCCCCCCCCCCCCCCCCCCc1ccc([131I])cc1)(C([2H])([2H])[2H])C([2H])([2H])[2H]. The van der Waals surface area contributed by atoms with Gasteiger partial charge in [0, 0.05) is 3.57 Å². The molecular formula is C29H54INO4P+. The molecule has 0 aliphatic heterocycles. The minimum absolute atomic E-state index is 0.0568. The molecule has 1 unspecified atom stereocenters. The van der Waals surface area contributed by atoms with Crippen LogP contribution in [0.15, 0.2) is 24.3 Å². The van der Waals surface area contributed by atoms with Gasteiger partial charge in [0.1, 0.15) is 13.2 Å². The lowest BCUT2D eigenvalue weighted by Crippen LogP contribution is -2.37. The monoisotopic (exact) mass is 651 g/mol. The fraction of sp³-hybridized carbons (Fsp3) is 0.793. The third-order valence-electron chi connectivity index (χ3n) is 6.21. The Morgan fingerprint density at radius 2 is 1.14 bits per heavy atom. The van der Waals surface area contributed by atoms with Crippen LogP contribution in [0.1, 0.15) is 121 Å². The summed E-state index contributed by atoms with van der Waals surface area (Å²) < 4.78 is 88.9. The summed E-state index contributed by atoms with van der Waals surface area (Å²) in [6.45, 7) is -12.3. The average Bonchev–Trinajstić information content (AvgIpc) is 2.91. The maximum atomic E-state index is 12.2. The number of nitrogens with zero attached hydrogens (tertiary/aromatic N) is 1. The van der Waals surface area contributed by atoms with E-state index in [9.17, 15) is 9.46 Å². The summed E-state index contributed by atoms with van der Waals surface area (Å²) in [7, 11) is -4.60. The summed E-state index contributed by atoms with van der Waals surface area (Å²) in [5.74, 6) is 0. The second kappa shape index (κ2) is 20.9. The molecule has 0 bridgehead atoms. The number of quaternary nitrogens is 1. The number of halogens is 1. The second-order valence-electron chi connectivity index (χ2n) is 9.70. The van der Waals surface area contributed by atoms with E-state index >= 15 is 0 Å². The van der Waals surface area contributed by atoms with Crippen LogP contribution in [-0.4, -0.2) is 50.1 Å². The van der Waals surface area contributed by atoms with E-state index in [0.29, 0.717) is 6.42 Å². The first kappa shape index (κ1) is 21.8. The highest BCUT2D eigenvalue weighted by atomic mass is 131. The zero-order valence-electron chi connectivity index (χ0n) is 30.9. The predicted octanol–water partition coefficient (Wildman–Crippen LogP) is 8.92. The summed E-state index contributed by atoms with van der Waals surface area (Å²) in [6.07, 6.45) is 20.0. The topological polar surface area (TPSA) is 55.8 Å². The van der Waals surface area contributed by atoms with Crippen molar-refractivity contribution < 1.29 is 35.3 Å². The van der Waals surface area contributed by atoms with E-state index in [1.165, 1.54) is 86.2 Å². The molecule has 1 aromatic rings. The molecule has 1 aromatic carbocycles. The molecule has 0 saturated carbocycles. The summed E-state index contributed by atoms with van der Waals surface area (Å²) in [4.78, 5) is 9.88. The third-order valence-corrected chi connectivity index (χ3v) is 7.95. The van der Waals surface area contributed by atoms with Crippen molar-refractivity contribution >= 4 is 30.4 Å². The Morgan fingerprint density at radius 3 is 1.61 bits per heavy atom. The Morgan fingerprint density at radius 1 is 0.722 bits per heavy atom. The van der Waals surface area contributed by atoms with Crippen molar-refractivity contribution in [1.82, 2.24) is 0 Å². The Labute approximate surface area is 248 Å². The van der Waals surface area contributed by atoms with Crippen molar-refractivity contribution in [3.05, 3.63) is 33.4 Å².